The molecule has 0 bridgehead atoms. The Morgan fingerprint density at radius 2 is 1.70 bits per heavy atom. The second-order valence-electron chi connectivity index (χ2n) is 7.77. The van der Waals surface area contributed by atoms with E-state index in [0.29, 0.717) is 22.2 Å². The summed E-state index contributed by atoms with van der Waals surface area (Å²) < 4.78 is 12.1. The molecule has 9 nitrogen and oxygen atoms in total. The summed E-state index contributed by atoms with van der Waals surface area (Å²) >= 11 is 1.16. The molecule has 0 aliphatic rings. The Kier molecular flexibility index (Phi) is 9.93. The number of para-hydroxylation sites is 1. The third-order valence-electron chi connectivity index (χ3n) is 5.50. The molecule has 0 aliphatic carbocycles. The smallest absolute Gasteiger partial charge is 0.265 e. The third kappa shape index (κ3) is 6.22. The van der Waals surface area contributed by atoms with Crippen LogP contribution in [0.2, 0.25) is 0 Å². The Morgan fingerprint density at radius 1 is 1.03 bits per heavy atom. The molecule has 4 aromatic rings. The summed E-state index contributed by atoms with van der Waals surface area (Å²) in [6, 6.07) is 16.1. The molecule has 194 valence electrons. The van der Waals surface area contributed by atoms with Crippen molar-refractivity contribution in [2.24, 2.45) is 0 Å². The Balaban J connectivity index is 0.000000886. The quantitative estimate of drug-likeness (QED) is 0.187. The van der Waals surface area contributed by atoms with Crippen molar-refractivity contribution in [1.82, 2.24) is 15.2 Å². The molecule has 2 N–H and O–H groups in total. The van der Waals surface area contributed by atoms with Gasteiger partial charge in [0, 0.05) is 37.8 Å². The minimum absolute atomic E-state index is 0.142. The van der Waals surface area contributed by atoms with Crippen LogP contribution in [0.15, 0.2) is 59.4 Å². The number of nitrogens with one attached hydrogen (secondary N) is 2. The fraction of sp³-hybridized carbons (Fsp3) is 0.259. The molecule has 0 radical (unpaired) electrons. The maximum atomic E-state index is 13.6. The van der Waals surface area contributed by atoms with Gasteiger partial charge in [0.15, 0.2) is 11.5 Å². The van der Waals surface area contributed by atoms with E-state index in [9.17, 15) is 19.2 Å². The number of ether oxygens (including phenoxy) is 2. The highest BCUT2D eigenvalue weighted by Gasteiger charge is 2.25. The van der Waals surface area contributed by atoms with Crippen molar-refractivity contribution < 1.29 is 23.9 Å². The normalized spacial score (nSPS) is 10.5. The zero-order valence-electron chi connectivity index (χ0n) is 20.9. The molecule has 2 aromatic heterocycles. The van der Waals surface area contributed by atoms with E-state index in [1.165, 1.54) is 11.7 Å². The van der Waals surface area contributed by atoms with Crippen LogP contribution in [0.1, 0.15) is 27.0 Å². The van der Waals surface area contributed by atoms with E-state index in [4.69, 9.17) is 4.74 Å². The predicted octanol–water partition coefficient (Wildman–Crippen LogP) is 3.24. The number of hydrogen-bond acceptors (Lipinski definition) is 7. The van der Waals surface area contributed by atoms with Gasteiger partial charge < -0.3 is 20.1 Å². The van der Waals surface area contributed by atoms with Gasteiger partial charge in [0.05, 0.1) is 23.9 Å². The summed E-state index contributed by atoms with van der Waals surface area (Å²) in [4.78, 5) is 49.9. The van der Waals surface area contributed by atoms with Crippen LogP contribution < -0.4 is 20.9 Å². The molecule has 2 amide bonds. The van der Waals surface area contributed by atoms with E-state index in [1.807, 2.05) is 25.1 Å². The first-order valence-corrected chi connectivity index (χ1v) is 12.4. The van der Waals surface area contributed by atoms with Crippen LogP contribution in [0, 0.1) is 0 Å². The van der Waals surface area contributed by atoms with Crippen molar-refractivity contribution in [2.75, 3.05) is 33.9 Å². The maximum Gasteiger partial charge on any atom is 0.265 e. The van der Waals surface area contributed by atoms with Crippen LogP contribution in [-0.2, 0) is 16.1 Å². The van der Waals surface area contributed by atoms with Crippen molar-refractivity contribution in [1.29, 1.82) is 0 Å². The molecule has 0 saturated heterocycles. The number of fused-ring (bicyclic) bond motifs is 3. The number of pyridine rings is 1. The second-order valence-corrected chi connectivity index (χ2v) is 8.79. The number of ketones is 1. The third-order valence-corrected chi connectivity index (χ3v) is 6.70. The van der Waals surface area contributed by atoms with Gasteiger partial charge in [0.1, 0.15) is 10.3 Å². The number of methoxy groups -OCH3 is 2. The molecule has 0 spiro atoms. The summed E-state index contributed by atoms with van der Waals surface area (Å²) in [7, 11) is 3.08. The highest BCUT2D eigenvalue weighted by atomic mass is 32.1. The number of amides is 2. The standard InChI is InChI=1S/C24H21N3O5S.C3H8O/c1-32-20-19-21(33-22(20)23(30)26-12-11-25-14-28)16-9-5-6-10-17(16)27(24(19)31)13-18(29)15-7-3-2-4-8-15;1-3-4-2/h2-10,14H,11-13H2,1H3,(H,25,28)(H,26,30);3H2,1-2H3. The zero-order chi connectivity index (χ0) is 26.8. The molecule has 0 atom stereocenters. The largest absolute Gasteiger partial charge is 0.494 e. The molecule has 0 fully saturated rings. The molecule has 4 rings (SSSR count). The molecule has 2 aromatic carbocycles. The van der Waals surface area contributed by atoms with Crippen molar-refractivity contribution in [2.45, 2.75) is 13.5 Å². The van der Waals surface area contributed by atoms with Crippen LogP contribution in [0.5, 0.6) is 5.75 Å². The van der Waals surface area contributed by atoms with Crippen LogP contribution in [0.25, 0.3) is 21.0 Å². The fourth-order valence-corrected chi connectivity index (χ4v) is 4.90. The topological polar surface area (TPSA) is 116 Å². The average molecular weight is 524 g/mol. The number of Topliss-reactive ketones (excluding diaryl/α,β-unsaturated/α-hetero) is 1. The molecule has 0 aliphatic heterocycles. The Morgan fingerprint density at radius 3 is 2.35 bits per heavy atom. The van der Waals surface area contributed by atoms with Gasteiger partial charge in [-0.25, -0.2) is 0 Å². The number of rotatable bonds is 10. The monoisotopic (exact) mass is 523 g/mol. The van der Waals surface area contributed by atoms with E-state index in [0.717, 1.165) is 23.3 Å². The summed E-state index contributed by atoms with van der Waals surface area (Å²) in [5.41, 5.74) is 0.711. The molecular weight excluding hydrogens is 494 g/mol. The molecule has 0 saturated carbocycles. The first kappa shape index (κ1) is 27.6. The van der Waals surface area contributed by atoms with Gasteiger partial charge in [0.2, 0.25) is 6.41 Å². The summed E-state index contributed by atoms with van der Waals surface area (Å²) in [5, 5.41) is 6.20. The maximum absolute atomic E-state index is 13.6. The van der Waals surface area contributed by atoms with Crippen LogP contribution in [-0.4, -0.2) is 56.6 Å². The molecule has 2 heterocycles. The van der Waals surface area contributed by atoms with Gasteiger partial charge >= 0.3 is 0 Å². The number of hydrogen-bond donors (Lipinski definition) is 2. The Labute approximate surface area is 218 Å². The number of carbonyl (C=O) groups is 3. The lowest BCUT2D eigenvalue weighted by Crippen LogP contribution is -2.31. The minimum Gasteiger partial charge on any atom is -0.494 e. The second kappa shape index (κ2) is 13.3. The number of carbonyl (C=O) groups excluding carboxylic acids is 3. The predicted molar refractivity (Wildman–Crippen MR) is 145 cm³/mol. The van der Waals surface area contributed by atoms with Gasteiger partial charge in [-0.05, 0) is 13.0 Å². The van der Waals surface area contributed by atoms with Crippen molar-refractivity contribution in [3.63, 3.8) is 0 Å². The van der Waals surface area contributed by atoms with Gasteiger partial charge in [-0.15, -0.1) is 11.3 Å². The molecule has 10 heteroatoms. The SMILES string of the molecule is CCOC.COc1c(C(=O)NCCNC=O)sc2c1c(=O)n(CC(=O)c1ccccc1)c1ccccc21. The summed E-state index contributed by atoms with van der Waals surface area (Å²) in [5.74, 6) is -0.430. The van der Waals surface area contributed by atoms with Crippen LogP contribution in [0.4, 0.5) is 0 Å². The number of thiophene rings is 1. The fourth-order valence-electron chi connectivity index (χ4n) is 3.69. The first-order chi connectivity index (χ1) is 18.0. The lowest BCUT2D eigenvalue weighted by molar-refractivity contribution is -0.109. The van der Waals surface area contributed by atoms with Crippen molar-refractivity contribution >= 4 is 50.4 Å². The van der Waals surface area contributed by atoms with Gasteiger partial charge in [-0.3, -0.25) is 23.7 Å². The van der Waals surface area contributed by atoms with Gasteiger partial charge in [-0.1, -0.05) is 48.5 Å². The lowest BCUT2D eigenvalue weighted by Gasteiger charge is -2.11. The average Bonchev–Trinajstić information content (AvgIpc) is 3.34. The number of nitrogens with zero attached hydrogens (tertiary/aromatic N) is 1. The van der Waals surface area contributed by atoms with E-state index in [1.54, 1.807) is 43.5 Å². The van der Waals surface area contributed by atoms with Crippen molar-refractivity contribution in [3.05, 3.63) is 75.4 Å². The van der Waals surface area contributed by atoms with E-state index >= 15 is 0 Å². The van der Waals surface area contributed by atoms with E-state index in [-0.39, 0.29) is 41.4 Å². The van der Waals surface area contributed by atoms with E-state index < -0.39 is 11.5 Å². The van der Waals surface area contributed by atoms with Gasteiger partial charge in [-0.2, -0.15) is 0 Å². The number of benzene rings is 2. The van der Waals surface area contributed by atoms with Crippen LogP contribution >= 0.6 is 11.3 Å². The molecule has 0 unspecified atom stereocenters. The summed E-state index contributed by atoms with van der Waals surface area (Å²) in [6.45, 7) is 3.14. The highest BCUT2D eigenvalue weighted by Crippen LogP contribution is 2.39. The molecular formula is C27H29N3O6S. The van der Waals surface area contributed by atoms with Crippen molar-refractivity contribution in [3.8, 4) is 5.75 Å². The highest BCUT2D eigenvalue weighted by molar-refractivity contribution is 7.22. The molecule has 37 heavy (non-hydrogen) atoms. The first-order valence-electron chi connectivity index (χ1n) is 11.6. The Hall–Kier alpha value is -4.02. The minimum atomic E-state index is -0.406. The summed E-state index contributed by atoms with van der Waals surface area (Å²) in [6.07, 6.45) is 0.553. The van der Waals surface area contributed by atoms with Gasteiger partial charge in [0.25, 0.3) is 11.5 Å². The lowest BCUT2D eigenvalue weighted by atomic mass is 10.1. The zero-order valence-corrected chi connectivity index (χ0v) is 21.7. The Bertz CT molecular complexity index is 1440. The van der Waals surface area contributed by atoms with Crippen LogP contribution in [0.3, 0.4) is 0 Å². The number of aromatic nitrogens is 1. The van der Waals surface area contributed by atoms with E-state index in [2.05, 4.69) is 15.4 Å².